The van der Waals surface area contributed by atoms with Gasteiger partial charge in [-0.1, -0.05) is 23.2 Å². The summed E-state index contributed by atoms with van der Waals surface area (Å²) >= 11 is 11.5. The van der Waals surface area contributed by atoms with Crippen molar-refractivity contribution in [1.29, 1.82) is 0 Å². The van der Waals surface area contributed by atoms with Gasteiger partial charge in [0.25, 0.3) is 0 Å². The van der Waals surface area contributed by atoms with Crippen molar-refractivity contribution < 1.29 is 0 Å². The third-order valence-electron chi connectivity index (χ3n) is 2.82. The highest BCUT2D eigenvalue weighted by Gasteiger charge is 2.19. The summed E-state index contributed by atoms with van der Waals surface area (Å²) in [6.45, 7) is 7.33. The van der Waals surface area contributed by atoms with Gasteiger partial charge in [0.05, 0.1) is 0 Å². The number of nitrogens with one attached hydrogen (secondary N) is 1. The van der Waals surface area contributed by atoms with E-state index in [1.807, 2.05) is 0 Å². The van der Waals surface area contributed by atoms with Crippen LogP contribution in [-0.2, 0) is 0 Å². The van der Waals surface area contributed by atoms with Crippen LogP contribution in [0.3, 0.4) is 0 Å². The van der Waals surface area contributed by atoms with E-state index in [2.05, 4.69) is 24.1 Å². The molecule has 1 fully saturated rings. The molecule has 0 aromatic rings. The second kappa shape index (κ2) is 6.74. The molecule has 2 nitrogen and oxygen atoms in total. The quantitative estimate of drug-likeness (QED) is 0.808. The van der Waals surface area contributed by atoms with Crippen molar-refractivity contribution in [3.05, 3.63) is 10.6 Å². The summed E-state index contributed by atoms with van der Waals surface area (Å²) in [5, 5.41) is 4.21. The van der Waals surface area contributed by atoms with Gasteiger partial charge < -0.3 is 5.32 Å². The monoisotopic (exact) mass is 250 g/mol. The molecule has 1 aliphatic heterocycles. The Bertz CT molecular complexity index is 211. The van der Waals surface area contributed by atoms with Crippen LogP contribution in [-0.4, -0.2) is 36.6 Å². The lowest BCUT2D eigenvalue weighted by Gasteiger charge is -2.28. The highest BCUT2D eigenvalue weighted by atomic mass is 35.5. The van der Waals surface area contributed by atoms with Gasteiger partial charge in [0.1, 0.15) is 0 Å². The van der Waals surface area contributed by atoms with E-state index in [9.17, 15) is 0 Å². The largest absolute Gasteiger partial charge is 0.313 e. The zero-order valence-electron chi connectivity index (χ0n) is 9.47. The number of hydrogen-bond donors (Lipinski definition) is 1. The highest BCUT2D eigenvalue weighted by molar-refractivity contribution is 6.36. The summed E-state index contributed by atoms with van der Waals surface area (Å²) in [7, 11) is 0. The topological polar surface area (TPSA) is 15.3 Å². The third kappa shape index (κ3) is 4.73. The Balaban J connectivity index is 2.42. The Morgan fingerprint density at radius 1 is 1.60 bits per heavy atom. The number of nitrogens with zero attached hydrogens (tertiary/aromatic N) is 1. The predicted molar refractivity (Wildman–Crippen MR) is 67.5 cm³/mol. The highest BCUT2D eigenvalue weighted by Crippen LogP contribution is 2.13. The summed E-state index contributed by atoms with van der Waals surface area (Å²) in [5.74, 6) is 0. The maximum absolute atomic E-state index is 5.96. The molecule has 1 rings (SSSR count). The molecule has 1 N–H and O–H groups in total. The fourth-order valence-electron chi connectivity index (χ4n) is 1.88. The first-order chi connectivity index (χ1) is 7.13. The minimum atomic E-state index is 0.498. The molecule has 0 saturated carbocycles. The lowest BCUT2D eigenvalue weighted by atomic mass is 10.2. The molecule has 1 atom stereocenters. The van der Waals surface area contributed by atoms with Gasteiger partial charge in [-0.3, -0.25) is 4.90 Å². The van der Waals surface area contributed by atoms with Crippen molar-refractivity contribution in [2.45, 2.75) is 38.8 Å². The van der Waals surface area contributed by atoms with Gasteiger partial charge in [-0.15, -0.1) is 0 Å². The van der Waals surface area contributed by atoms with E-state index in [0.717, 1.165) is 19.6 Å². The molecular formula is C11H20Cl2N2. The molecule has 4 heteroatoms. The minimum Gasteiger partial charge on any atom is -0.313 e. The zero-order valence-corrected chi connectivity index (χ0v) is 11.0. The van der Waals surface area contributed by atoms with E-state index in [0.29, 0.717) is 17.1 Å². The van der Waals surface area contributed by atoms with Crippen LogP contribution in [0.2, 0.25) is 0 Å². The summed E-state index contributed by atoms with van der Waals surface area (Å²) in [5.41, 5.74) is 1.46. The first kappa shape index (κ1) is 13.3. The molecule has 0 aliphatic carbocycles. The molecule has 0 radical (unpaired) electrons. The van der Waals surface area contributed by atoms with Crippen LogP contribution in [0.15, 0.2) is 10.6 Å². The average Bonchev–Trinajstić information content (AvgIpc) is 2.69. The Morgan fingerprint density at radius 2 is 2.33 bits per heavy atom. The summed E-state index contributed by atoms with van der Waals surface area (Å²) < 4.78 is 0. The standard InChI is InChI=1S/C11H20Cl2N2/c1-9(2)15(7-10(13)6-12)8-11-4-3-5-14-11/h6,9,11,14H,3-5,7-8H2,1-2H3. The molecule has 0 aromatic carbocycles. The molecule has 88 valence electrons. The second-order valence-corrected chi connectivity index (χ2v) is 5.08. The lowest BCUT2D eigenvalue weighted by Crippen LogP contribution is -2.41. The van der Waals surface area contributed by atoms with Gasteiger partial charge in [0.2, 0.25) is 0 Å². The van der Waals surface area contributed by atoms with E-state index < -0.39 is 0 Å². The van der Waals surface area contributed by atoms with Crippen molar-refractivity contribution in [2.24, 2.45) is 0 Å². The van der Waals surface area contributed by atoms with E-state index in [1.54, 1.807) is 0 Å². The van der Waals surface area contributed by atoms with Gasteiger partial charge in [0, 0.05) is 35.7 Å². The Morgan fingerprint density at radius 3 is 2.80 bits per heavy atom. The second-order valence-electron chi connectivity index (χ2n) is 4.37. The van der Waals surface area contributed by atoms with Gasteiger partial charge in [-0.2, -0.15) is 0 Å². The molecule has 1 heterocycles. The fourth-order valence-corrected chi connectivity index (χ4v) is 2.10. The van der Waals surface area contributed by atoms with E-state index >= 15 is 0 Å². The SMILES string of the molecule is CC(C)N(CC(Cl)=CCl)CC1CCCN1. The molecule has 1 aliphatic rings. The number of rotatable bonds is 5. The normalized spacial score (nSPS) is 23.1. The maximum Gasteiger partial charge on any atom is 0.0434 e. The van der Waals surface area contributed by atoms with Gasteiger partial charge in [-0.05, 0) is 33.2 Å². The minimum absolute atomic E-state index is 0.498. The Kier molecular flexibility index (Phi) is 5.98. The van der Waals surface area contributed by atoms with Crippen molar-refractivity contribution in [3.63, 3.8) is 0 Å². The predicted octanol–water partition coefficient (Wildman–Crippen LogP) is 2.77. The van der Waals surface area contributed by atoms with Crippen LogP contribution >= 0.6 is 23.2 Å². The van der Waals surface area contributed by atoms with Crippen LogP contribution in [0.25, 0.3) is 0 Å². The van der Waals surface area contributed by atoms with Crippen LogP contribution in [0.1, 0.15) is 26.7 Å². The van der Waals surface area contributed by atoms with Crippen molar-refractivity contribution >= 4 is 23.2 Å². The molecule has 0 aromatic heterocycles. The van der Waals surface area contributed by atoms with Crippen LogP contribution < -0.4 is 5.32 Å². The van der Waals surface area contributed by atoms with Gasteiger partial charge in [-0.25, -0.2) is 0 Å². The zero-order chi connectivity index (χ0) is 11.3. The summed E-state index contributed by atoms with van der Waals surface area (Å²) in [6, 6.07) is 1.12. The van der Waals surface area contributed by atoms with E-state index in [1.165, 1.54) is 18.4 Å². The number of halogens is 2. The molecule has 0 bridgehead atoms. The maximum atomic E-state index is 5.96. The summed E-state index contributed by atoms with van der Waals surface area (Å²) in [6.07, 6.45) is 2.56. The van der Waals surface area contributed by atoms with Crippen LogP contribution in [0, 0.1) is 0 Å². The van der Waals surface area contributed by atoms with E-state index in [4.69, 9.17) is 23.2 Å². The lowest BCUT2D eigenvalue weighted by molar-refractivity contribution is 0.222. The molecule has 0 spiro atoms. The first-order valence-electron chi connectivity index (χ1n) is 5.55. The van der Waals surface area contributed by atoms with Gasteiger partial charge in [0.15, 0.2) is 0 Å². The average molecular weight is 251 g/mol. The van der Waals surface area contributed by atoms with Gasteiger partial charge >= 0.3 is 0 Å². The van der Waals surface area contributed by atoms with Crippen LogP contribution in [0.5, 0.6) is 0 Å². The van der Waals surface area contributed by atoms with Crippen molar-refractivity contribution in [2.75, 3.05) is 19.6 Å². The molecule has 1 saturated heterocycles. The molecule has 1 unspecified atom stereocenters. The Labute approximate surface area is 103 Å². The van der Waals surface area contributed by atoms with E-state index in [-0.39, 0.29) is 0 Å². The van der Waals surface area contributed by atoms with Crippen molar-refractivity contribution in [1.82, 2.24) is 10.2 Å². The first-order valence-corrected chi connectivity index (χ1v) is 6.37. The smallest absolute Gasteiger partial charge is 0.0434 e. The number of hydrogen-bond acceptors (Lipinski definition) is 2. The molecule has 0 amide bonds. The molecule has 15 heavy (non-hydrogen) atoms. The summed E-state index contributed by atoms with van der Waals surface area (Å²) in [4.78, 5) is 2.35. The van der Waals surface area contributed by atoms with Crippen LogP contribution in [0.4, 0.5) is 0 Å². The fraction of sp³-hybridized carbons (Fsp3) is 0.818. The third-order valence-corrected chi connectivity index (χ3v) is 3.42. The molecular weight excluding hydrogens is 231 g/mol. The Hall–Kier alpha value is 0.240. The van der Waals surface area contributed by atoms with Crippen molar-refractivity contribution in [3.8, 4) is 0 Å².